The Morgan fingerprint density at radius 3 is 2.65 bits per heavy atom. The number of allylic oxidation sites excluding steroid dienone is 3. The molecule has 6 heteroatoms. The van der Waals surface area contributed by atoms with Gasteiger partial charge >= 0.3 is 0 Å². The summed E-state index contributed by atoms with van der Waals surface area (Å²) in [5, 5.41) is 0. The van der Waals surface area contributed by atoms with Gasteiger partial charge < -0.3 is 19.9 Å². The summed E-state index contributed by atoms with van der Waals surface area (Å²) in [7, 11) is 2.95. The summed E-state index contributed by atoms with van der Waals surface area (Å²) < 4.78 is 29.0. The fourth-order valence-corrected chi connectivity index (χ4v) is 1.52. The third-order valence-electron chi connectivity index (χ3n) is 2.77. The highest BCUT2D eigenvalue weighted by Gasteiger charge is 2.06. The lowest BCUT2D eigenvalue weighted by Crippen LogP contribution is -2.00. The number of halogens is 1. The molecule has 0 spiro atoms. The van der Waals surface area contributed by atoms with E-state index in [0.717, 1.165) is 5.70 Å². The number of hydrogen-bond donors (Lipinski definition) is 1. The lowest BCUT2D eigenvalue weighted by Gasteiger charge is -2.08. The molecule has 1 rings (SSSR count). The van der Waals surface area contributed by atoms with Crippen molar-refractivity contribution in [1.82, 2.24) is 0 Å². The molecule has 0 aliphatic rings. The zero-order valence-electron chi connectivity index (χ0n) is 13.5. The second-order valence-electron chi connectivity index (χ2n) is 4.42. The molecular weight excluding hydrogens is 299 g/mol. The fourth-order valence-electron chi connectivity index (χ4n) is 1.52. The first-order chi connectivity index (χ1) is 11.0. The minimum absolute atomic E-state index is 0.0136. The van der Waals surface area contributed by atoms with Crippen LogP contribution in [0, 0.1) is 5.82 Å². The number of nitrogens with zero attached hydrogens (tertiary/aromatic N) is 1. The standard InChI is InChI=1S/C17H21FN2O3/c1-5-14(10-12(2)21-3)20-9-8-17(22-4)23-16-7-6-13(19)11-15(16)18/h6-11H,2,5,19H2,1,3-4H3/b14-10+,17-8+,20-9+. The maximum Gasteiger partial charge on any atom is 0.286 e. The van der Waals surface area contributed by atoms with E-state index < -0.39 is 5.82 Å². The average Bonchev–Trinajstić information content (AvgIpc) is 2.54. The van der Waals surface area contributed by atoms with Gasteiger partial charge in [0, 0.05) is 35.8 Å². The number of rotatable bonds is 8. The van der Waals surface area contributed by atoms with Crippen molar-refractivity contribution in [3.05, 3.63) is 60.1 Å². The quantitative estimate of drug-likeness (QED) is 0.342. The summed E-state index contributed by atoms with van der Waals surface area (Å²) in [4.78, 5) is 4.24. The van der Waals surface area contributed by atoms with Crippen LogP contribution in [0.3, 0.4) is 0 Å². The largest absolute Gasteiger partial charge is 0.497 e. The Hall–Kier alpha value is -2.76. The SMILES string of the molecule is C=C(/C=C(CC)/N=C/C=C(\OC)Oc1ccc(N)cc1F)OC. The van der Waals surface area contributed by atoms with Gasteiger partial charge in [-0.15, -0.1) is 0 Å². The fraction of sp³-hybridized carbons (Fsp3) is 0.235. The monoisotopic (exact) mass is 320 g/mol. The minimum atomic E-state index is -0.574. The molecule has 0 aromatic heterocycles. The molecule has 1 aromatic rings. The molecule has 0 aliphatic carbocycles. The van der Waals surface area contributed by atoms with Crippen LogP contribution in [0.15, 0.2) is 59.3 Å². The molecule has 0 heterocycles. The highest BCUT2D eigenvalue weighted by Crippen LogP contribution is 2.21. The first kappa shape index (κ1) is 18.3. The van der Waals surface area contributed by atoms with E-state index in [9.17, 15) is 4.39 Å². The van der Waals surface area contributed by atoms with E-state index in [-0.39, 0.29) is 11.7 Å². The number of anilines is 1. The average molecular weight is 320 g/mol. The summed E-state index contributed by atoms with van der Waals surface area (Å²) in [5.74, 6) is 0.0451. The van der Waals surface area contributed by atoms with Gasteiger partial charge in [0.15, 0.2) is 11.6 Å². The third kappa shape index (κ3) is 6.25. The van der Waals surface area contributed by atoms with Crippen LogP contribution in [0.1, 0.15) is 13.3 Å². The minimum Gasteiger partial charge on any atom is -0.497 e. The van der Waals surface area contributed by atoms with Crippen molar-refractivity contribution in [2.24, 2.45) is 4.99 Å². The molecule has 0 fully saturated rings. The Morgan fingerprint density at radius 2 is 2.09 bits per heavy atom. The summed E-state index contributed by atoms with van der Waals surface area (Å²) in [6.45, 7) is 5.66. The van der Waals surface area contributed by atoms with Crippen LogP contribution in [0.4, 0.5) is 10.1 Å². The topological polar surface area (TPSA) is 66.1 Å². The number of hydrogen-bond acceptors (Lipinski definition) is 5. The van der Waals surface area contributed by atoms with Crippen LogP contribution in [-0.2, 0) is 9.47 Å². The maximum atomic E-state index is 13.7. The number of aliphatic imine (C=N–C) groups is 1. The predicted molar refractivity (Wildman–Crippen MR) is 89.5 cm³/mol. The number of methoxy groups -OCH3 is 2. The summed E-state index contributed by atoms with van der Waals surface area (Å²) >= 11 is 0. The van der Waals surface area contributed by atoms with E-state index >= 15 is 0 Å². The molecule has 2 N–H and O–H groups in total. The lowest BCUT2D eigenvalue weighted by molar-refractivity contribution is 0.148. The Balaban J connectivity index is 2.84. The van der Waals surface area contributed by atoms with E-state index in [2.05, 4.69) is 11.6 Å². The van der Waals surface area contributed by atoms with E-state index in [1.807, 2.05) is 6.92 Å². The number of benzene rings is 1. The van der Waals surface area contributed by atoms with Crippen molar-refractivity contribution in [2.75, 3.05) is 20.0 Å². The number of nitrogen functional groups attached to an aromatic ring is 1. The first-order valence-corrected chi connectivity index (χ1v) is 6.94. The molecule has 0 unspecified atom stereocenters. The van der Waals surface area contributed by atoms with Gasteiger partial charge in [-0.2, -0.15) is 0 Å². The van der Waals surface area contributed by atoms with Crippen LogP contribution < -0.4 is 10.5 Å². The molecule has 0 saturated heterocycles. The highest BCUT2D eigenvalue weighted by atomic mass is 19.1. The van der Waals surface area contributed by atoms with Gasteiger partial charge in [0.05, 0.1) is 14.2 Å². The molecule has 0 radical (unpaired) electrons. The molecule has 0 saturated carbocycles. The normalized spacial score (nSPS) is 12.3. The summed E-state index contributed by atoms with van der Waals surface area (Å²) in [6, 6.07) is 4.13. The van der Waals surface area contributed by atoms with Gasteiger partial charge in [-0.1, -0.05) is 13.5 Å². The summed E-state index contributed by atoms with van der Waals surface area (Å²) in [6.07, 6.45) is 5.39. The smallest absolute Gasteiger partial charge is 0.286 e. The maximum absolute atomic E-state index is 13.7. The highest BCUT2D eigenvalue weighted by molar-refractivity contribution is 5.72. The molecule has 23 heavy (non-hydrogen) atoms. The Labute approximate surface area is 135 Å². The molecule has 0 bridgehead atoms. The Morgan fingerprint density at radius 1 is 1.35 bits per heavy atom. The van der Waals surface area contributed by atoms with Crippen molar-refractivity contribution in [1.29, 1.82) is 0 Å². The van der Waals surface area contributed by atoms with Crippen molar-refractivity contribution in [2.45, 2.75) is 13.3 Å². The van der Waals surface area contributed by atoms with Crippen LogP contribution in [0.5, 0.6) is 5.75 Å². The van der Waals surface area contributed by atoms with Crippen LogP contribution >= 0.6 is 0 Å². The van der Waals surface area contributed by atoms with Gasteiger partial charge in [0.1, 0.15) is 5.76 Å². The van der Waals surface area contributed by atoms with Crippen LogP contribution in [0.2, 0.25) is 0 Å². The Bertz CT molecular complexity index is 637. The van der Waals surface area contributed by atoms with Crippen molar-refractivity contribution in [3.8, 4) is 5.75 Å². The van der Waals surface area contributed by atoms with Gasteiger partial charge in [-0.25, -0.2) is 4.39 Å². The molecule has 0 aliphatic heterocycles. The molecule has 0 amide bonds. The van der Waals surface area contributed by atoms with Crippen molar-refractivity contribution >= 4 is 11.9 Å². The summed E-state index contributed by atoms with van der Waals surface area (Å²) in [5.41, 5.74) is 6.57. The third-order valence-corrected chi connectivity index (χ3v) is 2.77. The zero-order chi connectivity index (χ0) is 17.2. The van der Waals surface area contributed by atoms with Crippen LogP contribution in [0.25, 0.3) is 0 Å². The van der Waals surface area contributed by atoms with Crippen LogP contribution in [-0.4, -0.2) is 20.4 Å². The second-order valence-corrected chi connectivity index (χ2v) is 4.42. The molecule has 0 atom stereocenters. The number of ether oxygens (including phenoxy) is 3. The van der Waals surface area contributed by atoms with E-state index in [1.165, 1.54) is 44.7 Å². The van der Waals surface area contributed by atoms with Gasteiger partial charge in [-0.3, -0.25) is 4.99 Å². The molecule has 124 valence electrons. The molecule has 1 aromatic carbocycles. The predicted octanol–water partition coefficient (Wildman–Crippen LogP) is 3.80. The molecule has 5 nitrogen and oxygen atoms in total. The molecular formula is C17H21FN2O3. The van der Waals surface area contributed by atoms with Gasteiger partial charge in [0.2, 0.25) is 0 Å². The van der Waals surface area contributed by atoms with E-state index in [1.54, 1.807) is 6.08 Å². The Kier molecular flexibility index (Phi) is 7.39. The van der Waals surface area contributed by atoms with E-state index in [4.69, 9.17) is 19.9 Å². The van der Waals surface area contributed by atoms with E-state index in [0.29, 0.717) is 17.9 Å². The van der Waals surface area contributed by atoms with Crippen molar-refractivity contribution < 1.29 is 18.6 Å². The van der Waals surface area contributed by atoms with Gasteiger partial charge in [0.25, 0.3) is 5.95 Å². The second kappa shape index (κ2) is 9.30. The number of nitrogens with two attached hydrogens (primary N) is 1. The van der Waals surface area contributed by atoms with Crippen molar-refractivity contribution in [3.63, 3.8) is 0 Å². The lowest BCUT2D eigenvalue weighted by atomic mass is 10.3. The van der Waals surface area contributed by atoms with Gasteiger partial charge in [-0.05, 0) is 18.6 Å². The zero-order valence-corrected chi connectivity index (χ0v) is 13.5. The first-order valence-electron chi connectivity index (χ1n) is 6.94.